The fraction of sp³-hybridized carbons (Fsp3) is 0.0541. The van der Waals surface area contributed by atoms with E-state index in [1.165, 1.54) is 17.4 Å². The first kappa shape index (κ1) is 32.0. The van der Waals surface area contributed by atoms with Crippen LogP contribution in [-0.4, -0.2) is 28.9 Å². The average Bonchev–Trinajstić information content (AvgIpc) is 3.42. The quantitative estimate of drug-likeness (QED) is 0.131. The molecule has 0 saturated carbocycles. The summed E-state index contributed by atoms with van der Waals surface area (Å²) in [6.07, 6.45) is 0.0383. The molecule has 6 aromatic rings. The van der Waals surface area contributed by atoms with Crippen LogP contribution >= 0.6 is 38.9 Å². The van der Waals surface area contributed by atoms with Gasteiger partial charge in [0.15, 0.2) is 0 Å². The summed E-state index contributed by atoms with van der Waals surface area (Å²) >= 11 is 11.1. The van der Waals surface area contributed by atoms with Crippen molar-refractivity contribution in [3.05, 3.63) is 147 Å². The molecule has 1 atom stereocenters. The van der Waals surface area contributed by atoms with Crippen LogP contribution in [0, 0.1) is 0 Å². The Hall–Kier alpha value is -4.96. The van der Waals surface area contributed by atoms with Gasteiger partial charge in [-0.2, -0.15) is 0 Å². The summed E-state index contributed by atoms with van der Waals surface area (Å²) in [6.45, 7) is 0. The van der Waals surface area contributed by atoms with Crippen molar-refractivity contribution < 1.29 is 24.2 Å². The number of ether oxygens (including phenoxy) is 1. The van der Waals surface area contributed by atoms with Crippen molar-refractivity contribution in [1.29, 1.82) is 0 Å². The molecule has 0 radical (unpaired) electrons. The second-order valence-electron chi connectivity index (χ2n) is 10.6. The van der Waals surface area contributed by atoms with Crippen LogP contribution in [0.3, 0.4) is 0 Å². The predicted molar refractivity (Wildman–Crippen MR) is 190 cm³/mol. The molecular formula is C37H26BrClN2O5S. The molecule has 1 heterocycles. The minimum Gasteiger partial charge on any atom is -0.480 e. The predicted octanol–water partition coefficient (Wildman–Crippen LogP) is 9.45. The molecule has 0 aliphatic rings. The number of para-hydroxylation sites is 2. The number of benzene rings is 5. The molecule has 2 amide bonds. The fourth-order valence-corrected chi connectivity index (χ4v) is 6.83. The van der Waals surface area contributed by atoms with Gasteiger partial charge in [-0.25, -0.2) is 4.79 Å². The Morgan fingerprint density at radius 1 is 0.830 bits per heavy atom. The molecule has 5 aromatic carbocycles. The molecule has 0 saturated heterocycles. The lowest BCUT2D eigenvalue weighted by Crippen LogP contribution is -2.42. The maximum Gasteiger partial charge on any atom is 0.326 e. The minimum atomic E-state index is -1.23. The van der Waals surface area contributed by atoms with Crippen LogP contribution in [0.15, 0.2) is 126 Å². The molecule has 10 heteroatoms. The van der Waals surface area contributed by atoms with E-state index < -0.39 is 23.8 Å². The summed E-state index contributed by atoms with van der Waals surface area (Å²) in [6, 6.07) is 35.6. The lowest BCUT2D eigenvalue weighted by molar-refractivity contribution is -0.139. The molecule has 0 aliphatic carbocycles. The number of hydrogen-bond donors (Lipinski definition) is 3. The smallest absolute Gasteiger partial charge is 0.326 e. The standard InChI is InChI=1S/C37H26BrClN2O5S/c38-24-18-19-29(40-36(43)34-33(39)27-11-5-7-13-32(27)47-34)28(21-24)35(42)41-30(37(44)45)20-22-14-16-23(17-15-22)26-10-4-6-12-31(26)46-25-8-2-1-3-9-25/h1-19,21,30H,20H2,(H,40,43)(H,41,42)(H,44,45)/t30-/m0/s1. The highest BCUT2D eigenvalue weighted by molar-refractivity contribution is 9.10. The van der Waals surface area contributed by atoms with Crippen molar-refractivity contribution >= 4 is 72.4 Å². The fourth-order valence-electron chi connectivity index (χ4n) is 5.05. The third kappa shape index (κ3) is 7.38. The number of nitrogens with one attached hydrogen (secondary N) is 2. The number of thiophene rings is 1. The van der Waals surface area contributed by atoms with Gasteiger partial charge in [-0.05, 0) is 53.6 Å². The van der Waals surface area contributed by atoms with Gasteiger partial charge in [0.2, 0.25) is 0 Å². The van der Waals surface area contributed by atoms with Crippen molar-refractivity contribution in [3.63, 3.8) is 0 Å². The largest absolute Gasteiger partial charge is 0.480 e. The highest BCUT2D eigenvalue weighted by Gasteiger charge is 2.25. The van der Waals surface area contributed by atoms with Crippen LogP contribution in [-0.2, 0) is 11.2 Å². The van der Waals surface area contributed by atoms with E-state index in [0.29, 0.717) is 31.4 Å². The number of carboxylic acid groups (broad SMARTS) is 1. The summed E-state index contributed by atoms with van der Waals surface area (Å²) in [5.74, 6) is -0.915. The van der Waals surface area contributed by atoms with Gasteiger partial charge in [0.1, 0.15) is 22.4 Å². The van der Waals surface area contributed by atoms with Crippen molar-refractivity contribution in [2.75, 3.05) is 5.32 Å². The highest BCUT2D eigenvalue weighted by Crippen LogP contribution is 2.36. The summed E-state index contributed by atoms with van der Waals surface area (Å²) in [4.78, 5) is 39.3. The van der Waals surface area contributed by atoms with E-state index in [1.807, 2.05) is 103 Å². The van der Waals surface area contributed by atoms with Gasteiger partial charge in [-0.15, -0.1) is 11.3 Å². The lowest BCUT2D eigenvalue weighted by atomic mass is 9.99. The van der Waals surface area contributed by atoms with Gasteiger partial charge in [0, 0.05) is 26.5 Å². The number of aliphatic carboxylic acids is 1. The first-order valence-electron chi connectivity index (χ1n) is 14.5. The van der Waals surface area contributed by atoms with E-state index in [0.717, 1.165) is 21.2 Å². The minimum absolute atomic E-state index is 0.0383. The van der Waals surface area contributed by atoms with Crippen LogP contribution in [0.1, 0.15) is 25.6 Å². The monoisotopic (exact) mass is 724 g/mol. The first-order valence-corrected chi connectivity index (χ1v) is 16.5. The summed E-state index contributed by atoms with van der Waals surface area (Å²) in [5, 5.41) is 16.5. The second kappa shape index (κ2) is 14.2. The van der Waals surface area contributed by atoms with Crippen molar-refractivity contribution in [3.8, 4) is 22.6 Å². The highest BCUT2D eigenvalue weighted by atomic mass is 79.9. The van der Waals surface area contributed by atoms with Crippen molar-refractivity contribution in [2.24, 2.45) is 0 Å². The summed E-state index contributed by atoms with van der Waals surface area (Å²) in [5.41, 5.74) is 2.80. The Morgan fingerprint density at radius 3 is 2.28 bits per heavy atom. The van der Waals surface area contributed by atoms with Gasteiger partial charge >= 0.3 is 5.97 Å². The number of carboxylic acids is 1. The molecule has 0 spiro atoms. The maximum absolute atomic E-state index is 13.5. The van der Waals surface area contributed by atoms with Crippen molar-refractivity contribution in [2.45, 2.75) is 12.5 Å². The van der Waals surface area contributed by atoms with Crippen molar-refractivity contribution in [1.82, 2.24) is 5.32 Å². The zero-order valence-corrected chi connectivity index (χ0v) is 27.7. The van der Waals surface area contributed by atoms with E-state index in [9.17, 15) is 19.5 Å². The van der Waals surface area contributed by atoms with E-state index in [2.05, 4.69) is 26.6 Å². The Labute approximate surface area is 287 Å². The third-order valence-electron chi connectivity index (χ3n) is 7.38. The Bertz CT molecular complexity index is 2100. The van der Waals surface area contributed by atoms with Crippen LogP contribution in [0.2, 0.25) is 5.02 Å². The molecule has 7 nitrogen and oxygen atoms in total. The van der Waals surface area contributed by atoms with Crippen LogP contribution < -0.4 is 15.4 Å². The normalized spacial score (nSPS) is 11.5. The number of hydrogen-bond acceptors (Lipinski definition) is 5. The third-order valence-corrected chi connectivity index (χ3v) is 9.55. The summed E-state index contributed by atoms with van der Waals surface area (Å²) in [7, 11) is 0. The Morgan fingerprint density at radius 2 is 1.53 bits per heavy atom. The number of carbonyl (C=O) groups is 3. The van der Waals surface area contributed by atoms with Gasteiger partial charge in [-0.3, -0.25) is 9.59 Å². The molecule has 0 fully saturated rings. The number of fused-ring (bicyclic) bond motifs is 1. The Balaban J connectivity index is 1.18. The van der Waals surface area contributed by atoms with E-state index in [-0.39, 0.29) is 17.7 Å². The van der Waals surface area contributed by atoms with E-state index in [4.69, 9.17) is 16.3 Å². The number of halogens is 2. The van der Waals surface area contributed by atoms with Crippen LogP contribution in [0.5, 0.6) is 11.5 Å². The molecule has 234 valence electrons. The van der Waals surface area contributed by atoms with E-state index >= 15 is 0 Å². The molecule has 0 bridgehead atoms. The molecule has 47 heavy (non-hydrogen) atoms. The first-order chi connectivity index (χ1) is 22.8. The van der Waals surface area contributed by atoms with Gasteiger partial charge in [0.05, 0.1) is 16.3 Å². The number of carbonyl (C=O) groups excluding carboxylic acids is 2. The van der Waals surface area contributed by atoms with Crippen LogP contribution in [0.4, 0.5) is 5.69 Å². The maximum atomic E-state index is 13.5. The molecule has 3 N–H and O–H groups in total. The lowest BCUT2D eigenvalue weighted by Gasteiger charge is -2.17. The Kier molecular flexibility index (Phi) is 9.68. The zero-order chi connectivity index (χ0) is 32.9. The molecule has 0 unspecified atom stereocenters. The second-order valence-corrected chi connectivity index (χ2v) is 12.9. The summed E-state index contributed by atoms with van der Waals surface area (Å²) < 4.78 is 7.54. The zero-order valence-electron chi connectivity index (χ0n) is 24.6. The number of amides is 2. The molecule has 1 aromatic heterocycles. The van der Waals surface area contributed by atoms with E-state index in [1.54, 1.807) is 12.1 Å². The topological polar surface area (TPSA) is 105 Å². The van der Waals surface area contributed by atoms with Gasteiger partial charge < -0.3 is 20.5 Å². The SMILES string of the molecule is O=C(N[C@@H](Cc1ccc(-c2ccccc2Oc2ccccc2)cc1)C(=O)O)c1cc(Br)ccc1NC(=O)c1sc2ccccc2c1Cl. The number of anilines is 1. The molecular weight excluding hydrogens is 700 g/mol. The van der Waals surface area contributed by atoms with Gasteiger partial charge in [-0.1, -0.05) is 106 Å². The number of rotatable bonds is 10. The van der Waals surface area contributed by atoms with Crippen LogP contribution in [0.25, 0.3) is 21.2 Å². The van der Waals surface area contributed by atoms with Gasteiger partial charge in [0.25, 0.3) is 11.8 Å². The average molecular weight is 726 g/mol. The molecule has 6 rings (SSSR count). The molecule has 0 aliphatic heterocycles.